The third kappa shape index (κ3) is 46.3. The normalized spacial score (nSPS) is 9.00. The van der Waals surface area contributed by atoms with E-state index in [0.717, 1.165) is 54.6 Å². The number of phenolic OH excluding ortho intramolecular Hbond substituents is 3. The van der Waals surface area contributed by atoms with Crippen LogP contribution in [0.4, 0.5) is 34.1 Å². The Morgan fingerprint density at radius 3 is 0.518 bits per heavy atom. The summed E-state index contributed by atoms with van der Waals surface area (Å²) in [7, 11) is -30.7. The molecule has 0 saturated carbocycles. The molecule has 0 aliphatic heterocycles. The molecule has 0 aliphatic rings. The number of phenols is 3. The summed E-state index contributed by atoms with van der Waals surface area (Å²) < 4.78 is 206. The first-order valence-electron chi connectivity index (χ1n) is 21.8. The van der Waals surface area contributed by atoms with E-state index in [-0.39, 0.29) is 264 Å². The van der Waals surface area contributed by atoms with E-state index in [1.807, 2.05) is 0 Å². The number of rotatable bonds is 12. The maximum absolute atomic E-state index is 11.7. The fourth-order valence-electron chi connectivity index (χ4n) is 7.25. The van der Waals surface area contributed by atoms with Crippen LogP contribution in [0, 0.1) is 0 Å². The first kappa shape index (κ1) is 187. The number of hydrogen-bond donors (Lipinski definition) is 3. The molecular weight excluding hydrogens is 1850 g/mol. The Hall–Kier alpha value is -8.26. The SMILES string of the molecule is O.O.O.O.O.O.O.O.O.O.O.O.O=S(=O)([O-])c1cc(S(=O)(=O)[O-])c2c(N=Nc3ccccc3)c(O)ccc2c1.O=S(=O)([O-])c1cc(S(=O)(=O)[O-])c2c(N=Nc3ccccc3)c(O)ccc2c1.O=S(=O)([O-])c1cc(S(=O)(=O)[O-])c2c(N=Nc3ccccc3)c(O)ccc2c1.[Co+2].[Co+2].[Co+2].[OH3+].[OH3+].[OH3+].[OH3+].[OH3+].[OH3+].[OH3+].[OH3+].[OH3+].[OH3+].[OH3+].[OH3+].[OH3+].[OH3+].[OH3+].[OH3+].[OH3+].[OH3+]. The van der Waals surface area contributed by atoms with Gasteiger partial charge in [0.1, 0.15) is 95.0 Å². The largest absolute Gasteiger partial charge is 2.00 e. The first-order chi connectivity index (χ1) is 37.7. The molecule has 81 N–H and O–H groups in total. The summed E-state index contributed by atoms with van der Waals surface area (Å²) in [4.78, 5) is -5.64. The van der Waals surface area contributed by atoms with Crippen molar-refractivity contribution in [3.05, 3.63) is 164 Å². The van der Waals surface area contributed by atoms with Gasteiger partial charge in [0.2, 0.25) is 0 Å². The fourth-order valence-corrected chi connectivity index (χ4v) is 11.3. The van der Waals surface area contributed by atoms with Crippen LogP contribution in [0.3, 0.4) is 0 Å². The third-order valence-electron chi connectivity index (χ3n) is 10.8. The standard InChI is InChI=1S/3C16H12N2O7S2.3Co.30H2O/c3*19-13-7-6-10-8-12(26(20,21)22)9-14(27(23,24)25)15(10)16(13)18-17-11-4-2-1-3-5-11;;;;;;;;;;;;;;;;;;;;;;;;;;;;;;;;;/h3*1-9,19H,(H,20,21,22)(H,23,24,25);;;;30*1H2/q;;;3*+2;;;;;;;;;;;;;;;;;;;;;;;;;;;;;;/p+12. The molecule has 0 fully saturated rings. The molecule has 0 atom stereocenters. The van der Waals surface area contributed by atoms with E-state index in [9.17, 15) is 93.1 Å². The summed E-state index contributed by atoms with van der Waals surface area (Å²) in [6, 6.07) is 35.7. The number of fused-ring (bicyclic) bond motifs is 3. The fraction of sp³-hybridized carbons (Fsp3) is 0. The quantitative estimate of drug-likeness (QED) is 0.0581. The average Bonchev–Trinajstić information content (AvgIpc) is 0.770. The molecule has 9 aromatic carbocycles. The van der Waals surface area contributed by atoms with Crippen LogP contribution in [0.25, 0.3) is 32.3 Å². The van der Waals surface area contributed by atoms with E-state index in [0.29, 0.717) is 35.3 Å². The topological polar surface area (TPSA) is 1450 Å². The molecule has 57 nitrogen and oxygen atoms in total. The summed E-state index contributed by atoms with van der Waals surface area (Å²) in [6.07, 6.45) is 0. The van der Waals surface area contributed by atoms with E-state index in [1.54, 1.807) is 91.0 Å². The number of nitrogens with zero attached hydrogens (tertiary/aromatic N) is 6. The Bertz CT molecular complexity index is 4350. The zero-order valence-corrected chi connectivity index (χ0v) is 65.3. The van der Waals surface area contributed by atoms with Gasteiger partial charge in [0.15, 0.2) is 0 Å². The van der Waals surface area contributed by atoms with Crippen molar-refractivity contribution < 1.29 is 308 Å². The van der Waals surface area contributed by atoms with Crippen LogP contribution in [0.5, 0.6) is 17.2 Å². The predicted octanol–water partition coefficient (Wildman–Crippen LogP) is -18.2. The maximum Gasteiger partial charge on any atom is 2.00 e. The second-order valence-electron chi connectivity index (χ2n) is 16.2. The van der Waals surface area contributed by atoms with Crippen molar-refractivity contribution in [2.45, 2.75) is 29.4 Å². The van der Waals surface area contributed by atoms with Gasteiger partial charge in [-0.3, -0.25) is 0 Å². The van der Waals surface area contributed by atoms with E-state index < -0.39 is 107 Å². The van der Waals surface area contributed by atoms with Gasteiger partial charge in [-0.25, -0.2) is 50.5 Å². The number of aromatic hydroxyl groups is 3. The van der Waals surface area contributed by atoms with Gasteiger partial charge in [-0.1, -0.05) is 72.8 Å². The molecule has 0 bridgehead atoms. The molecule has 0 spiro atoms. The summed E-state index contributed by atoms with van der Waals surface area (Å²) >= 11 is 0. The van der Waals surface area contributed by atoms with Crippen molar-refractivity contribution in [2.75, 3.05) is 0 Å². The first-order valence-corrected chi connectivity index (χ1v) is 30.2. The minimum absolute atomic E-state index is 0. The molecule has 3 radical (unpaired) electrons. The molecule has 9 rings (SSSR count). The van der Waals surface area contributed by atoms with Gasteiger partial charge < -0.3 is 207 Å². The summed E-state index contributed by atoms with van der Waals surface area (Å²) in [5.74, 6) is -1.44. The second-order valence-corrected chi connectivity index (χ2v) is 24.4. The Morgan fingerprint density at radius 1 is 0.219 bits per heavy atom. The molecule has 0 aliphatic carbocycles. The van der Waals surface area contributed by atoms with Gasteiger partial charge in [0.25, 0.3) is 0 Å². The van der Waals surface area contributed by atoms with Crippen molar-refractivity contribution in [3.8, 4) is 17.2 Å². The molecule has 66 heteroatoms. The Morgan fingerprint density at radius 2 is 0.377 bits per heavy atom. The monoisotopic (exact) mass is 1950 g/mol. The van der Waals surface area contributed by atoms with Crippen LogP contribution in [0.1, 0.15) is 0 Å². The molecule has 9 aromatic rings. The van der Waals surface area contributed by atoms with Crippen molar-refractivity contribution in [3.63, 3.8) is 0 Å². The summed E-state index contributed by atoms with van der Waals surface area (Å²) in [6.45, 7) is 0. The van der Waals surface area contributed by atoms with Crippen LogP contribution in [-0.4, -0.2) is 159 Å². The van der Waals surface area contributed by atoms with Crippen LogP contribution in [-0.2, 0) is 210 Å². The average molecular weight is 1950 g/mol. The van der Waals surface area contributed by atoms with Crippen LogP contribution >= 0.6 is 0 Å². The molecular formula is C48H108Co3N6O51S6+18. The minimum atomic E-state index is -5.20. The van der Waals surface area contributed by atoms with Gasteiger partial charge in [-0.05, 0) is 107 Å². The molecule has 0 heterocycles. The van der Waals surface area contributed by atoms with Gasteiger partial charge in [0.05, 0.1) is 46.4 Å². The zero-order valence-electron chi connectivity index (χ0n) is 57.3. The molecule has 0 saturated heterocycles. The van der Waals surface area contributed by atoms with Gasteiger partial charge in [-0.2, -0.15) is 15.3 Å². The Kier molecular flexibility index (Phi) is 121. The third-order valence-corrected chi connectivity index (χ3v) is 15.8. The van der Waals surface area contributed by atoms with Crippen LogP contribution < -0.4 is 0 Å². The molecule has 681 valence electrons. The van der Waals surface area contributed by atoms with E-state index in [4.69, 9.17) is 0 Å². The second kappa shape index (κ2) is 73.6. The van der Waals surface area contributed by atoms with Crippen LogP contribution in [0.2, 0.25) is 0 Å². The molecule has 0 amide bonds. The molecule has 0 aromatic heterocycles. The molecule has 114 heavy (non-hydrogen) atoms. The smallest absolute Gasteiger partial charge is 0.744 e. The maximum atomic E-state index is 11.7. The van der Waals surface area contributed by atoms with Crippen molar-refractivity contribution in [2.24, 2.45) is 30.7 Å². The van der Waals surface area contributed by atoms with E-state index >= 15 is 0 Å². The zero-order chi connectivity index (χ0) is 59.5. The molecule has 0 unspecified atom stereocenters. The van der Waals surface area contributed by atoms with Crippen molar-refractivity contribution >= 4 is 127 Å². The van der Waals surface area contributed by atoms with Crippen molar-refractivity contribution in [1.29, 1.82) is 0 Å². The number of benzene rings is 9. The summed E-state index contributed by atoms with van der Waals surface area (Å²) in [5, 5.41) is 52.0. The van der Waals surface area contributed by atoms with Gasteiger partial charge in [0, 0.05) is 16.2 Å². The number of azo groups is 3. The van der Waals surface area contributed by atoms with Gasteiger partial charge in [-0.15, -0.1) is 15.3 Å². The van der Waals surface area contributed by atoms with Crippen molar-refractivity contribution in [1.82, 2.24) is 0 Å². The van der Waals surface area contributed by atoms with E-state index in [2.05, 4.69) is 30.7 Å². The minimum Gasteiger partial charge on any atom is -0.744 e. The summed E-state index contributed by atoms with van der Waals surface area (Å²) in [5.41, 5.74) is 0.124. The predicted molar refractivity (Wildman–Crippen MR) is 408 cm³/mol. The Balaban J connectivity index is -0.0000000348. The van der Waals surface area contributed by atoms with Crippen LogP contribution in [0.15, 0.2) is 224 Å². The Labute approximate surface area is 672 Å². The van der Waals surface area contributed by atoms with Gasteiger partial charge >= 0.3 is 50.3 Å². The number of hydrogen-bond acceptors (Lipinski definition) is 27. The van der Waals surface area contributed by atoms with E-state index in [1.165, 1.54) is 0 Å².